The maximum atomic E-state index is 10.0. The molecule has 0 aliphatic carbocycles. The van der Waals surface area contributed by atoms with Crippen molar-refractivity contribution in [2.24, 2.45) is 11.8 Å². The standard InChI is InChI=1S/C10H18O3/c1-7-2-5-13-10(7)9(11)8-3-4-12-6-8/h7-11H,2-6H2,1H3. The molecule has 3 heteroatoms. The first kappa shape index (κ1) is 9.44. The summed E-state index contributed by atoms with van der Waals surface area (Å²) in [5, 5.41) is 10.0. The fourth-order valence-corrected chi connectivity index (χ4v) is 2.24. The van der Waals surface area contributed by atoms with Gasteiger partial charge < -0.3 is 14.6 Å². The summed E-state index contributed by atoms with van der Waals surface area (Å²) in [7, 11) is 0. The Labute approximate surface area is 79.0 Å². The third-order valence-corrected chi connectivity index (χ3v) is 3.23. The van der Waals surface area contributed by atoms with Crippen molar-refractivity contribution in [3.63, 3.8) is 0 Å². The first-order chi connectivity index (χ1) is 6.29. The van der Waals surface area contributed by atoms with E-state index < -0.39 is 0 Å². The van der Waals surface area contributed by atoms with Gasteiger partial charge in [-0.15, -0.1) is 0 Å². The third-order valence-electron chi connectivity index (χ3n) is 3.23. The molecule has 0 bridgehead atoms. The van der Waals surface area contributed by atoms with Gasteiger partial charge in [0.05, 0.1) is 18.8 Å². The van der Waals surface area contributed by atoms with Crippen LogP contribution in [0.25, 0.3) is 0 Å². The SMILES string of the molecule is CC1CCOC1C(O)C1CCOC1. The summed E-state index contributed by atoms with van der Waals surface area (Å²) in [6, 6.07) is 0. The van der Waals surface area contributed by atoms with E-state index >= 15 is 0 Å². The second kappa shape index (κ2) is 3.95. The smallest absolute Gasteiger partial charge is 0.0863 e. The largest absolute Gasteiger partial charge is 0.390 e. The fourth-order valence-electron chi connectivity index (χ4n) is 2.24. The Balaban J connectivity index is 1.91. The molecule has 2 saturated heterocycles. The maximum absolute atomic E-state index is 10.0. The molecule has 0 saturated carbocycles. The summed E-state index contributed by atoms with van der Waals surface area (Å²) in [6.07, 6.45) is 1.79. The van der Waals surface area contributed by atoms with Gasteiger partial charge in [-0.25, -0.2) is 0 Å². The molecule has 2 aliphatic rings. The zero-order valence-corrected chi connectivity index (χ0v) is 8.11. The molecule has 2 rings (SSSR count). The van der Waals surface area contributed by atoms with Crippen molar-refractivity contribution < 1.29 is 14.6 Å². The van der Waals surface area contributed by atoms with Crippen molar-refractivity contribution >= 4 is 0 Å². The second-order valence-corrected chi connectivity index (χ2v) is 4.22. The Morgan fingerprint density at radius 3 is 2.69 bits per heavy atom. The molecule has 0 radical (unpaired) electrons. The number of aliphatic hydroxyl groups excluding tert-OH is 1. The van der Waals surface area contributed by atoms with E-state index in [1.807, 2.05) is 0 Å². The van der Waals surface area contributed by atoms with Crippen LogP contribution in [-0.4, -0.2) is 37.1 Å². The topological polar surface area (TPSA) is 38.7 Å². The molecule has 4 atom stereocenters. The van der Waals surface area contributed by atoms with Gasteiger partial charge in [0.2, 0.25) is 0 Å². The Hall–Kier alpha value is -0.120. The highest BCUT2D eigenvalue weighted by molar-refractivity contribution is 4.85. The van der Waals surface area contributed by atoms with E-state index in [0.717, 1.165) is 26.1 Å². The summed E-state index contributed by atoms with van der Waals surface area (Å²) in [4.78, 5) is 0. The van der Waals surface area contributed by atoms with Crippen LogP contribution >= 0.6 is 0 Å². The van der Waals surface area contributed by atoms with Gasteiger partial charge in [-0.2, -0.15) is 0 Å². The third kappa shape index (κ3) is 1.87. The summed E-state index contributed by atoms with van der Waals surface area (Å²) in [6.45, 7) is 4.45. The number of hydrogen-bond acceptors (Lipinski definition) is 3. The minimum Gasteiger partial charge on any atom is -0.390 e. The lowest BCUT2D eigenvalue weighted by atomic mass is 9.90. The van der Waals surface area contributed by atoms with Crippen molar-refractivity contribution in [2.75, 3.05) is 19.8 Å². The Morgan fingerprint density at radius 1 is 1.31 bits per heavy atom. The average molecular weight is 186 g/mol. The van der Waals surface area contributed by atoms with Crippen LogP contribution in [0.2, 0.25) is 0 Å². The number of ether oxygens (including phenoxy) is 2. The minimum atomic E-state index is -0.319. The number of aliphatic hydroxyl groups is 1. The van der Waals surface area contributed by atoms with Gasteiger partial charge >= 0.3 is 0 Å². The van der Waals surface area contributed by atoms with Gasteiger partial charge in [0.1, 0.15) is 0 Å². The molecular weight excluding hydrogens is 168 g/mol. The van der Waals surface area contributed by atoms with Crippen LogP contribution in [-0.2, 0) is 9.47 Å². The molecular formula is C10H18O3. The van der Waals surface area contributed by atoms with Crippen LogP contribution in [0, 0.1) is 11.8 Å². The van der Waals surface area contributed by atoms with Gasteiger partial charge in [-0.05, 0) is 18.8 Å². The molecule has 3 nitrogen and oxygen atoms in total. The summed E-state index contributed by atoms with van der Waals surface area (Å²) in [5.74, 6) is 0.793. The van der Waals surface area contributed by atoms with Crippen LogP contribution < -0.4 is 0 Å². The van der Waals surface area contributed by atoms with Crippen molar-refractivity contribution in [3.8, 4) is 0 Å². The lowest BCUT2D eigenvalue weighted by Crippen LogP contribution is -2.36. The Kier molecular flexibility index (Phi) is 2.86. The highest BCUT2D eigenvalue weighted by atomic mass is 16.5. The van der Waals surface area contributed by atoms with Gasteiger partial charge in [0.15, 0.2) is 0 Å². The molecule has 2 aliphatic heterocycles. The van der Waals surface area contributed by atoms with E-state index in [-0.39, 0.29) is 12.2 Å². The first-order valence-corrected chi connectivity index (χ1v) is 5.16. The van der Waals surface area contributed by atoms with Crippen LogP contribution in [0.5, 0.6) is 0 Å². The highest BCUT2D eigenvalue weighted by Gasteiger charge is 2.36. The monoisotopic (exact) mass is 186 g/mol. The van der Waals surface area contributed by atoms with Crippen molar-refractivity contribution in [2.45, 2.75) is 32.0 Å². The summed E-state index contributed by atoms with van der Waals surface area (Å²) >= 11 is 0. The molecule has 0 spiro atoms. The quantitative estimate of drug-likeness (QED) is 0.693. The average Bonchev–Trinajstić information content (AvgIpc) is 2.72. The van der Waals surface area contributed by atoms with E-state index in [9.17, 15) is 5.11 Å². The van der Waals surface area contributed by atoms with Gasteiger partial charge in [-0.1, -0.05) is 6.92 Å². The number of rotatable bonds is 2. The molecule has 0 aromatic heterocycles. The first-order valence-electron chi connectivity index (χ1n) is 5.16. The molecule has 2 heterocycles. The predicted octanol–water partition coefficient (Wildman–Crippen LogP) is 0.809. The summed E-state index contributed by atoms with van der Waals surface area (Å²) in [5.41, 5.74) is 0. The van der Waals surface area contributed by atoms with Crippen molar-refractivity contribution in [1.82, 2.24) is 0 Å². The zero-order valence-electron chi connectivity index (χ0n) is 8.11. The van der Waals surface area contributed by atoms with Gasteiger partial charge in [-0.3, -0.25) is 0 Å². The van der Waals surface area contributed by atoms with Gasteiger partial charge in [0, 0.05) is 19.1 Å². The fraction of sp³-hybridized carbons (Fsp3) is 1.00. The van der Waals surface area contributed by atoms with Crippen molar-refractivity contribution in [1.29, 1.82) is 0 Å². The van der Waals surface area contributed by atoms with E-state index in [2.05, 4.69) is 6.92 Å². The van der Waals surface area contributed by atoms with Crippen LogP contribution in [0.4, 0.5) is 0 Å². The van der Waals surface area contributed by atoms with E-state index in [1.165, 1.54) is 0 Å². The number of hydrogen-bond donors (Lipinski definition) is 1. The van der Waals surface area contributed by atoms with E-state index in [1.54, 1.807) is 0 Å². The van der Waals surface area contributed by atoms with E-state index in [4.69, 9.17) is 9.47 Å². The Morgan fingerprint density at radius 2 is 2.15 bits per heavy atom. The zero-order chi connectivity index (χ0) is 9.26. The van der Waals surface area contributed by atoms with Gasteiger partial charge in [0.25, 0.3) is 0 Å². The predicted molar refractivity (Wildman–Crippen MR) is 48.5 cm³/mol. The van der Waals surface area contributed by atoms with Crippen LogP contribution in [0.1, 0.15) is 19.8 Å². The lowest BCUT2D eigenvalue weighted by Gasteiger charge is -2.25. The lowest BCUT2D eigenvalue weighted by molar-refractivity contribution is -0.0465. The van der Waals surface area contributed by atoms with E-state index in [0.29, 0.717) is 18.4 Å². The summed E-state index contributed by atoms with van der Waals surface area (Å²) < 4.78 is 10.8. The molecule has 4 unspecified atom stereocenters. The molecule has 0 aromatic rings. The maximum Gasteiger partial charge on any atom is 0.0863 e. The molecule has 76 valence electrons. The minimum absolute atomic E-state index is 0.0479. The van der Waals surface area contributed by atoms with Crippen LogP contribution in [0.3, 0.4) is 0 Å². The molecule has 2 fully saturated rings. The molecule has 0 amide bonds. The molecule has 0 aromatic carbocycles. The second-order valence-electron chi connectivity index (χ2n) is 4.22. The highest BCUT2D eigenvalue weighted by Crippen LogP contribution is 2.29. The normalized spacial score (nSPS) is 42.5. The molecule has 13 heavy (non-hydrogen) atoms. The van der Waals surface area contributed by atoms with Crippen molar-refractivity contribution in [3.05, 3.63) is 0 Å². The van der Waals surface area contributed by atoms with Crippen LogP contribution in [0.15, 0.2) is 0 Å². The molecule has 1 N–H and O–H groups in total. The Bertz CT molecular complexity index is 166.